The molecule has 94 valence electrons. The molecule has 0 saturated heterocycles. The molecule has 16 heavy (non-hydrogen) atoms. The van der Waals surface area contributed by atoms with E-state index in [0.717, 1.165) is 32.4 Å². The van der Waals surface area contributed by atoms with Crippen molar-refractivity contribution in [2.45, 2.75) is 39.2 Å². The molecule has 0 unspecified atom stereocenters. The lowest BCUT2D eigenvalue weighted by atomic mass is 10.2. The first kappa shape index (κ1) is 13.5. The van der Waals surface area contributed by atoms with E-state index in [1.165, 1.54) is 0 Å². The lowest BCUT2D eigenvalue weighted by Gasteiger charge is -2.23. The van der Waals surface area contributed by atoms with E-state index in [4.69, 9.17) is 5.73 Å². The number of carbonyl (C=O) groups excluding carboxylic acids is 1. The summed E-state index contributed by atoms with van der Waals surface area (Å²) < 4.78 is 0. The van der Waals surface area contributed by atoms with Crippen molar-refractivity contribution in [1.82, 2.24) is 10.2 Å². The lowest BCUT2D eigenvalue weighted by molar-refractivity contribution is -0.122. The quantitative estimate of drug-likeness (QED) is 0.637. The Kier molecular flexibility index (Phi) is 5.77. The predicted octanol–water partition coefficient (Wildman–Crippen LogP) is 0.572. The van der Waals surface area contributed by atoms with Crippen LogP contribution >= 0.6 is 0 Å². The predicted molar refractivity (Wildman–Crippen MR) is 66.1 cm³/mol. The van der Waals surface area contributed by atoms with Gasteiger partial charge in [0.15, 0.2) is 0 Å². The van der Waals surface area contributed by atoms with Crippen LogP contribution in [0.2, 0.25) is 0 Å². The monoisotopic (exact) mass is 227 g/mol. The number of amides is 1. The molecule has 0 radical (unpaired) electrons. The van der Waals surface area contributed by atoms with Gasteiger partial charge in [-0.1, -0.05) is 13.8 Å². The summed E-state index contributed by atoms with van der Waals surface area (Å²) in [6.07, 6.45) is 3.26. The van der Waals surface area contributed by atoms with Gasteiger partial charge in [0, 0.05) is 12.6 Å². The highest BCUT2D eigenvalue weighted by molar-refractivity contribution is 5.78. The van der Waals surface area contributed by atoms with Gasteiger partial charge < -0.3 is 11.1 Å². The summed E-state index contributed by atoms with van der Waals surface area (Å²) in [5.41, 5.74) is 5.50. The molecule has 1 aliphatic carbocycles. The third-order valence-corrected chi connectivity index (χ3v) is 2.61. The number of nitrogens with zero attached hydrogens (tertiary/aromatic N) is 1. The fourth-order valence-electron chi connectivity index (χ4n) is 1.77. The second kappa shape index (κ2) is 6.86. The first-order chi connectivity index (χ1) is 7.61. The maximum absolute atomic E-state index is 11.7. The zero-order valence-corrected chi connectivity index (χ0v) is 10.5. The Labute approximate surface area is 98.6 Å². The largest absolute Gasteiger partial charge is 0.352 e. The molecular formula is C12H25N3O. The Hall–Kier alpha value is -0.610. The van der Waals surface area contributed by atoms with Gasteiger partial charge in [0.25, 0.3) is 0 Å². The average molecular weight is 227 g/mol. The van der Waals surface area contributed by atoms with Crippen molar-refractivity contribution in [3.05, 3.63) is 0 Å². The fourth-order valence-corrected chi connectivity index (χ4v) is 1.77. The van der Waals surface area contributed by atoms with Crippen LogP contribution in [0.3, 0.4) is 0 Å². The molecule has 0 aromatic rings. The summed E-state index contributed by atoms with van der Waals surface area (Å²) >= 11 is 0. The molecule has 1 fully saturated rings. The first-order valence-electron chi connectivity index (χ1n) is 6.33. The van der Waals surface area contributed by atoms with Crippen molar-refractivity contribution in [3.8, 4) is 0 Å². The van der Waals surface area contributed by atoms with Gasteiger partial charge >= 0.3 is 0 Å². The van der Waals surface area contributed by atoms with Crippen LogP contribution < -0.4 is 11.1 Å². The first-order valence-corrected chi connectivity index (χ1v) is 6.33. The van der Waals surface area contributed by atoms with Gasteiger partial charge in [-0.3, -0.25) is 9.69 Å². The normalized spacial score (nSPS) is 15.8. The number of rotatable bonds is 8. The second-order valence-electron chi connectivity index (χ2n) is 5.11. The highest BCUT2D eigenvalue weighted by Gasteiger charge is 2.24. The van der Waals surface area contributed by atoms with E-state index < -0.39 is 0 Å². The Bertz CT molecular complexity index is 214. The Balaban J connectivity index is 2.25. The van der Waals surface area contributed by atoms with E-state index in [-0.39, 0.29) is 5.91 Å². The number of hydrogen-bond donors (Lipinski definition) is 2. The smallest absolute Gasteiger partial charge is 0.234 e. The van der Waals surface area contributed by atoms with Crippen LogP contribution in [0.5, 0.6) is 0 Å². The molecule has 1 rings (SSSR count). The van der Waals surface area contributed by atoms with Crippen LogP contribution in [0.1, 0.15) is 33.1 Å². The number of nitrogens with one attached hydrogen (secondary N) is 1. The molecular weight excluding hydrogens is 202 g/mol. The van der Waals surface area contributed by atoms with E-state index in [9.17, 15) is 4.79 Å². The SMILES string of the molecule is CC(C)CN(CCCN)CC(=O)NC1CC1. The Morgan fingerprint density at radius 1 is 1.50 bits per heavy atom. The zero-order chi connectivity index (χ0) is 12.0. The number of hydrogen-bond acceptors (Lipinski definition) is 3. The summed E-state index contributed by atoms with van der Waals surface area (Å²) in [5.74, 6) is 0.756. The molecule has 0 atom stereocenters. The molecule has 1 saturated carbocycles. The highest BCUT2D eigenvalue weighted by Crippen LogP contribution is 2.18. The van der Waals surface area contributed by atoms with E-state index in [0.29, 0.717) is 25.0 Å². The van der Waals surface area contributed by atoms with E-state index >= 15 is 0 Å². The van der Waals surface area contributed by atoms with E-state index in [1.807, 2.05) is 0 Å². The average Bonchev–Trinajstić information content (AvgIpc) is 2.96. The molecule has 0 spiro atoms. The maximum atomic E-state index is 11.7. The van der Waals surface area contributed by atoms with Crippen molar-refractivity contribution in [3.63, 3.8) is 0 Å². The third kappa shape index (κ3) is 6.08. The van der Waals surface area contributed by atoms with Gasteiger partial charge in [-0.15, -0.1) is 0 Å². The summed E-state index contributed by atoms with van der Waals surface area (Å²) in [4.78, 5) is 13.9. The van der Waals surface area contributed by atoms with Crippen LogP contribution in [-0.4, -0.2) is 43.0 Å². The van der Waals surface area contributed by atoms with Crippen molar-refractivity contribution in [2.24, 2.45) is 11.7 Å². The third-order valence-electron chi connectivity index (χ3n) is 2.61. The van der Waals surface area contributed by atoms with Crippen molar-refractivity contribution in [1.29, 1.82) is 0 Å². The van der Waals surface area contributed by atoms with Crippen molar-refractivity contribution in [2.75, 3.05) is 26.2 Å². The highest BCUT2D eigenvalue weighted by atomic mass is 16.2. The standard InChI is InChI=1S/C12H25N3O/c1-10(2)8-15(7-3-6-13)9-12(16)14-11-4-5-11/h10-11H,3-9,13H2,1-2H3,(H,14,16). The lowest BCUT2D eigenvalue weighted by Crippen LogP contribution is -2.40. The van der Waals surface area contributed by atoms with Crippen molar-refractivity contribution < 1.29 is 4.79 Å². The van der Waals surface area contributed by atoms with Gasteiger partial charge in [0.05, 0.1) is 6.54 Å². The summed E-state index contributed by atoms with van der Waals surface area (Å²) in [6.45, 7) is 7.46. The Morgan fingerprint density at radius 2 is 2.19 bits per heavy atom. The van der Waals surface area contributed by atoms with Gasteiger partial charge in [0.2, 0.25) is 5.91 Å². The minimum Gasteiger partial charge on any atom is -0.352 e. The minimum absolute atomic E-state index is 0.167. The van der Waals surface area contributed by atoms with Crippen LogP contribution in [0.25, 0.3) is 0 Å². The molecule has 0 heterocycles. The van der Waals surface area contributed by atoms with Gasteiger partial charge in [-0.25, -0.2) is 0 Å². The molecule has 1 aliphatic rings. The molecule has 0 aromatic carbocycles. The van der Waals surface area contributed by atoms with Crippen LogP contribution in [0.15, 0.2) is 0 Å². The van der Waals surface area contributed by atoms with Crippen LogP contribution in [0, 0.1) is 5.92 Å². The zero-order valence-electron chi connectivity index (χ0n) is 10.5. The number of nitrogens with two attached hydrogens (primary N) is 1. The second-order valence-corrected chi connectivity index (χ2v) is 5.11. The van der Waals surface area contributed by atoms with E-state index in [2.05, 4.69) is 24.1 Å². The summed E-state index contributed by atoms with van der Waals surface area (Å²) in [7, 11) is 0. The molecule has 4 heteroatoms. The molecule has 0 aliphatic heterocycles. The molecule has 0 bridgehead atoms. The van der Waals surface area contributed by atoms with Gasteiger partial charge in [-0.05, 0) is 38.3 Å². The number of carbonyl (C=O) groups is 1. The summed E-state index contributed by atoms with van der Waals surface area (Å²) in [5, 5.41) is 3.02. The molecule has 0 aromatic heterocycles. The fraction of sp³-hybridized carbons (Fsp3) is 0.917. The van der Waals surface area contributed by atoms with Crippen molar-refractivity contribution >= 4 is 5.91 Å². The van der Waals surface area contributed by atoms with Gasteiger partial charge in [-0.2, -0.15) is 0 Å². The minimum atomic E-state index is 0.167. The molecule has 1 amide bonds. The van der Waals surface area contributed by atoms with Crippen LogP contribution in [0.4, 0.5) is 0 Å². The molecule has 4 nitrogen and oxygen atoms in total. The maximum Gasteiger partial charge on any atom is 0.234 e. The van der Waals surface area contributed by atoms with Gasteiger partial charge in [0.1, 0.15) is 0 Å². The van der Waals surface area contributed by atoms with E-state index in [1.54, 1.807) is 0 Å². The van der Waals surface area contributed by atoms with Crippen LogP contribution in [-0.2, 0) is 4.79 Å². The Morgan fingerprint density at radius 3 is 2.69 bits per heavy atom. The topological polar surface area (TPSA) is 58.4 Å². The summed E-state index contributed by atoms with van der Waals surface area (Å²) in [6, 6.07) is 0.461. The molecule has 3 N–H and O–H groups in total.